The van der Waals surface area contributed by atoms with Crippen LogP contribution in [0.5, 0.6) is 0 Å². The Labute approximate surface area is 116 Å². The van der Waals surface area contributed by atoms with Gasteiger partial charge in [0.25, 0.3) is 5.91 Å². The van der Waals surface area contributed by atoms with Gasteiger partial charge in [-0.15, -0.1) is 0 Å². The van der Waals surface area contributed by atoms with Crippen LogP contribution in [0.1, 0.15) is 39.3 Å². The molecule has 2 aromatic rings. The molecule has 1 aromatic carbocycles. The van der Waals surface area contributed by atoms with E-state index in [0.717, 1.165) is 29.5 Å². The fraction of sp³-hybridized carbons (Fsp3) is 0.250. The van der Waals surface area contributed by atoms with Crippen LogP contribution in [0.4, 0.5) is 0 Å². The van der Waals surface area contributed by atoms with Crippen LogP contribution in [0, 0.1) is 0 Å². The SMILES string of the molecule is O=Cc1ccc(-c2cccc3c2C(=O)N(C2CC2)C3)o1. The van der Waals surface area contributed by atoms with E-state index in [2.05, 4.69) is 0 Å². The van der Waals surface area contributed by atoms with Gasteiger partial charge in [0.15, 0.2) is 12.0 Å². The van der Waals surface area contributed by atoms with E-state index < -0.39 is 0 Å². The molecule has 20 heavy (non-hydrogen) atoms. The Morgan fingerprint density at radius 3 is 2.75 bits per heavy atom. The highest BCUT2D eigenvalue weighted by Crippen LogP contribution is 2.38. The predicted molar refractivity (Wildman–Crippen MR) is 72.4 cm³/mol. The van der Waals surface area contributed by atoms with Crippen LogP contribution in [0.3, 0.4) is 0 Å². The number of aldehydes is 1. The molecular formula is C16H13NO3. The maximum Gasteiger partial charge on any atom is 0.255 e. The van der Waals surface area contributed by atoms with Gasteiger partial charge in [0.05, 0.1) is 5.56 Å². The summed E-state index contributed by atoms with van der Waals surface area (Å²) in [5, 5.41) is 0. The van der Waals surface area contributed by atoms with Crippen molar-refractivity contribution in [1.29, 1.82) is 0 Å². The lowest BCUT2D eigenvalue weighted by molar-refractivity contribution is 0.0767. The molecule has 0 N–H and O–H groups in total. The molecule has 1 saturated carbocycles. The van der Waals surface area contributed by atoms with Crippen molar-refractivity contribution in [2.75, 3.05) is 0 Å². The van der Waals surface area contributed by atoms with Crippen molar-refractivity contribution in [3.63, 3.8) is 0 Å². The lowest BCUT2D eigenvalue weighted by Crippen LogP contribution is -2.26. The van der Waals surface area contributed by atoms with Crippen LogP contribution in [0.2, 0.25) is 0 Å². The number of fused-ring (bicyclic) bond motifs is 1. The highest BCUT2D eigenvalue weighted by Gasteiger charge is 2.39. The van der Waals surface area contributed by atoms with E-state index in [0.29, 0.717) is 24.6 Å². The van der Waals surface area contributed by atoms with E-state index in [1.807, 2.05) is 23.1 Å². The van der Waals surface area contributed by atoms with Crippen molar-refractivity contribution < 1.29 is 14.0 Å². The molecule has 4 heteroatoms. The summed E-state index contributed by atoms with van der Waals surface area (Å²) in [6.07, 6.45) is 2.88. The second kappa shape index (κ2) is 4.07. The maximum atomic E-state index is 12.6. The third-order valence-electron chi connectivity index (χ3n) is 3.96. The summed E-state index contributed by atoms with van der Waals surface area (Å²) < 4.78 is 5.47. The van der Waals surface area contributed by atoms with Crippen LogP contribution in [-0.4, -0.2) is 23.1 Å². The molecule has 1 aromatic heterocycles. The summed E-state index contributed by atoms with van der Waals surface area (Å²) in [6, 6.07) is 9.57. The van der Waals surface area contributed by atoms with Crippen LogP contribution < -0.4 is 0 Å². The number of furan rings is 1. The Bertz CT molecular complexity index is 712. The van der Waals surface area contributed by atoms with Crippen LogP contribution in [0.15, 0.2) is 34.7 Å². The average Bonchev–Trinajstić information content (AvgIpc) is 3.10. The Hall–Kier alpha value is -2.36. The second-order valence-electron chi connectivity index (χ2n) is 5.32. The standard InChI is InChI=1S/C16H13NO3/c18-9-12-6-7-14(20-12)13-3-1-2-10-8-17(11-4-5-11)16(19)15(10)13/h1-3,6-7,9,11H,4-5,8H2. The van der Waals surface area contributed by atoms with Gasteiger partial charge in [0.1, 0.15) is 5.76 Å². The van der Waals surface area contributed by atoms with E-state index in [1.165, 1.54) is 0 Å². The van der Waals surface area contributed by atoms with Crippen LogP contribution in [-0.2, 0) is 6.54 Å². The van der Waals surface area contributed by atoms with Crippen molar-refractivity contribution in [3.05, 3.63) is 47.2 Å². The Morgan fingerprint density at radius 2 is 2.05 bits per heavy atom. The minimum Gasteiger partial charge on any atom is -0.453 e. The molecule has 1 amide bonds. The molecule has 0 spiro atoms. The van der Waals surface area contributed by atoms with Gasteiger partial charge in [-0.2, -0.15) is 0 Å². The monoisotopic (exact) mass is 267 g/mol. The van der Waals surface area contributed by atoms with Crippen molar-refractivity contribution >= 4 is 12.2 Å². The number of nitrogens with zero attached hydrogens (tertiary/aromatic N) is 1. The molecule has 1 fully saturated rings. The molecule has 100 valence electrons. The highest BCUT2D eigenvalue weighted by molar-refractivity contribution is 6.04. The van der Waals surface area contributed by atoms with Gasteiger partial charge in [0.2, 0.25) is 0 Å². The summed E-state index contributed by atoms with van der Waals surface area (Å²) >= 11 is 0. The van der Waals surface area contributed by atoms with Gasteiger partial charge < -0.3 is 9.32 Å². The van der Waals surface area contributed by atoms with E-state index >= 15 is 0 Å². The Morgan fingerprint density at radius 1 is 1.20 bits per heavy atom. The minimum atomic E-state index is 0.0853. The zero-order chi connectivity index (χ0) is 13.7. The molecule has 4 rings (SSSR count). The largest absolute Gasteiger partial charge is 0.453 e. The number of rotatable bonds is 3. The molecule has 1 aliphatic heterocycles. The number of amides is 1. The topological polar surface area (TPSA) is 50.5 Å². The number of hydrogen-bond acceptors (Lipinski definition) is 3. The zero-order valence-electron chi connectivity index (χ0n) is 10.8. The smallest absolute Gasteiger partial charge is 0.255 e. The molecule has 0 radical (unpaired) electrons. The molecule has 2 aliphatic rings. The first kappa shape index (κ1) is 11.5. The van der Waals surface area contributed by atoms with Crippen LogP contribution >= 0.6 is 0 Å². The number of carbonyl (C=O) groups excluding carboxylic acids is 2. The summed E-state index contributed by atoms with van der Waals surface area (Å²) in [4.78, 5) is 25.2. The van der Waals surface area contributed by atoms with Crippen molar-refractivity contribution in [3.8, 4) is 11.3 Å². The van der Waals surface area contributed by atoms with Crippen molar-refractivity contribution in [2.24, 2.45) is 0 Å². The van der Waals surface area contributed by atoms with Gasteiger partial charge in [-0.05, 0) is 30.5 Å². The van der Waals surface area contributed by atoms with Crippen LogP contribution in [0.25, 0.3) is 11.3 Å². The van der Waals surface area contributed by atoms with Crippen molar-refractivity contribution in [2.45, 2.75) is 25.4 Å². The maximum absolute atomic E-state index is 12.6. The zero-order valence-corrected chi connectivity index (χ0v) is 10.8. The van der Waals surface area contributed by atoms with E-state index in [-0.39, 0.29) is 11.7 Å². The molecule has 4 nitrogen and oxygen atoms in total. The fourth-order valence-electron chi connectivity index (χ4n) is 2.83. The molecule has 0 saturated heterocycles. The van der Waals surface area contributed by atoms with Gasteiger partial charge in [-0.25, -0.2) is 0 Å². The Kier molecular flexibility index (Phi) is 2.33. The third-order valence-corrected chi connectivity index (χ3v) is 3.96. The van der Waals surface area contributed by atoms with Crippen molar-refractivity contribution in [1.82, 2.24) is 4.90 Å². The summed E-state index contributed by atoms with van der Waals surface area (Å²) in [7, 11) is 0. The third kappa shape index (κ3) is 1.61. The van der Waals surface area contributed by atoms with E-state index in [1.54, 1.807) is 12.1 Å². The summed E-state index contributed by atoms with van der Waals surface area (Å²) in [5.74, 6) is 0.944. The summed E-state index contributed by atoms with van der Waals surface area (Å²) in [5.41, 5.74) is 2.55. The Balaban J connectivity index is 1.81. The summed E-state index contributed by atoms with van der Waals surface area (Å²) in [6.45, 7) is 0.688. The van der Waals surface area contributed by atoms with Gasteiger partial charge in [0, 0.05) is 18.2 Å². The lowest BCUT2D eigenvalue weighted by Gasteiger charge is -2.13. The number of benzene rings is 1. The van der Waals surface area contributed by atoms with Gasteiger partial charge >= 0.3 is 0 Å². The quantitative estimate of drug-likeness (QED) is 0.803. The average molecular weight is 267 g/mol. The molecule has 2 heterocycles. The van der Waals surface area contributed by atoms with E-state index in [4.69, 9.17) is 4.42 Å². The van der Waals surface area contributed by atoms with E-state index in [9.17, 15) is 9.59 Å². The predicted octanol–water partition coefficient (Wildman–Crippen LogP) is 2.88. The fourth-order valence-corrected chi connectivity index (χ4v) is 2.83. The number of carbonyl (C=O) groups is 2. The molecule has 1 aliphatic carbocycles. The number of hydrogen-bond donors (Lipinski definition) is 0. The molecule has 0 atom stereocenters. The molecule has 0 unspecified atom stereocenters. The van der Waals surface area contributed by atoms with Gasteiger partial charge in [-0.3, -0.25) is 9.59 Å². The first-order chi connectivity index (χ1) is 9.78. The first-order valence-corrected chi connectivity index (χ1v) is 6.76. The highest BCUT2D eigenvalue weighted by atomic mass is 16.3. The van der Waals surface area contributed by atoms with Gasteiger partial charge in [-0.1, -0.05) is 18.2 Å². The first-order valence-electron chi connectivity index (χ1n) is 6.76. The lowest BCUT2D eigenvalue weighted by atomic mass is 10.0. The molecule has 0 bridgehead atoms. The molecular weight excluding hydrogens is 254 g/mol. The minimum absolute atomic E-state index is 0.0853. The second-order valence-corrected chi connectivity index (χ2v) is 5.32. The normalized spacial score (nSPS) is 17.4.